The lowest BCUT2D eigenvalue weighted by molar-refractivity contribution is 0.392. The first-order valence-electron chi connectivity index (χ1n) is 6.19. The Morgan fingerprint density at radius 2 is 2.00 bits per heavy atom. The molecule has 0 saturated carbocycles. The van der Waals surface area contributed by atoms with E-state index in [2.05, 4.69) is 9.88 Å². The number of anilines is 1. The van der Waals surface area contributed by atoms with Gasteiger partial charge in [-0.25, -0.2) is 13.1 Å². The number of nitrogens with two attached hydrogens (primary N) is 1. The Hall–Kier alpha value is -1.57. The quantitative estimate of drug-likeness (QED) is 0.839. The summed E-state index contributed by atoms with van der Waals surface area (Å²) >= 11 is 5.87. The van der Waals surface area contributed by atoms with E-state index < -0.39 is 10.0 Å². The van der Waals surface area contributed by atoms with Gasteiger partial charge in [0.1, 0.15) is 5.76 Å². The van der Waals surface area contributed by atoms with Crippen LogP contribution in [0.1, 0.15) is 22.6 Å². The highest BCUT2D eigenvalue weighted by atomic mass is 35.5. The lowest BCUT2D eigenvalue weighted by atomic mass is 10.2. The summed E-state index contributed by atoms with van der Waals surface area (Å²) in [5.41, 5.74) is 7.80. The molecule has 1 heterocycles. The van der Waals surface area contributed by atoms with E-state index in [1.165, 1.54) is 12.1 Å². The fourth-order valence-corrected chi connectivity index (χ4v) is 3.43. The predicted molar refractivity (Wildman–Crippen MR) is 80.6 cm³/mol. The van der Waals surface area contributed by atoms with Crippen LogP contribution in [-0.4, -0.2) is 13.6 Å². The molecule has 3 N–H and O–H groups in total. The number of rotatable bonds is 4. The van der Waals surface area contributed by atoms with Gasteiger partial charge >= 0.3 is 0 Å². The number of sulfonamides is 1. The number of aryl methyl sites for hydroxylation is 3. The second-order valence-electron chi connectivity index (χ2n) is 4.77. The number of hydrogen-bond donors (Lipinski definition) is 2. The zero-order valence-electron chi connectivity index (χ0n) is 11.9. The summed E-state index contributed by atoms with van der Waals surface area (Å²) < 4.78 is 32.3. The van der Waals surface area contributed by atoms with Gasteiger partial charge in [-0.1, -0.05) is 16.8 Å². The summed E-state index contributed by atoms with van der Waals surface area (Å²) in [4.78, 5) is 0.108. The van der Waals surface area contributed by atoms with E-state index in [0.29, 0.717) is 22.0 Å². The van der Waals surface area contributed by atoms with E-state index in [-0.39, 0.29) is 17.1 Å². The van der Waals surface area contributed by atoms with Crippen molar-refractivity contribution in [2.24, 2.45) is 0 Å². The third-order valence-corrected chi connectivity index (χ3v) is 5.07. The Morgan fingerprint density at radius 1 is 1.33 bits per heavy atom. The van der Waals surface area contributed by atoms with E-state index in [0.717, 1.165) is 5.56 Å². The molecule has 114 valence electrons. The molecule has 0 amide bonds. The van der Waals surface area contributed by atoms with Crippen molar-refractivity contribution >= 4 is 27.3 Å². The zero-order valence-corrected chi connectivity index (χ0v) is 13.5. The molecule has 8 heteroatoms. The summed E-state index contributed by atoms with van der Waals surface area (Å²) in [6, 6.07) is 2.88. The summed E-state index contributed by atoms with van der Waals surface area (Å²) in [6.07, 6.45) is 0. The lowest BCUT2D eigenvalue weighted by Gasteiger charge is -2.11. The average Bonchev–Trinajstić information content (AvgIpc) is 2.71. The zero-order chi connectivity index (χ0) is 15.8. The summed E-state index contributed by atoms with van der Waals surface area (Å²) in [5, 5.41) is 4.12. The second kappa shape index (κ2) is 5.67. The number of nitrogens with one attached hydrogen (secondary N) is 1. The van der Waals surface area contributed by atoms with Crippen molar-refractivity contribution in [3.8, 4) is 0 Å². The maximum absolute atomic E-state index is 12.4. The molecule has 0 atom stereocenters. The normalized spacial score (nSPS) is 11.8. The molecule has 0 unspecified atom stereocenters. The van der Waals surface area contributed by atoms with Crippen LogP contribution in [0, 0.1) is 20.8 Å². The second-order valence-corrected chi connectivity index (χ2v) is 6.91. The Labute approximate surface area is 128 Å². The highest BCUT2D eigenvalue weighted by Crippen LogP contribution is 2.26. The van der Waals surface area contributed by atoms with Gasteiger partial charge in [-0.2, -0.15) is 0 Å². The summed E-state index contributed by atoms with van der Waals surface area (Å²) in [5.74, 6) is 0.586. The molecule has 0 saturated heterocycles. The van der Waals surface area contributed by atoms with Crippen LogP contribution in [0.2, 0.25) is 5.02 Å². The van der Waals surface area contributed by atoms with E-state index in [1.54, 1.807) is 20.8 Å². The van der Waals surface area contributed by atoms with Gasteiger partial charge in [0.25, 0.3) is 0 Å². The minimum Gasteiger partial charge on any atom is -0.397 e. The number of benzene rings is 1. The fourth-order valence-electron chi connectivity index (χ4n) is 1.96. The molecule has 0 aliphatic carbocycles. The Bertz CT molecular complexity index is 765. The van der Waals surface area contributed by atoms with Crippen molar-refractivity contribution in [3.63, 3.8) is 0 Å². The minimum atomic E-state index is -3.70. The molecule has 0 bridgehead atoms. The van der Waals surface area contributed by atoms with E-state index >= 15 is 0 Å². The largest absolute Gasteiger partial charge is 0.397 e. The van der Waals surface area contributed by atoms with Crippen molar-refractivity contribution in [1.29, 1.82) is 0 Å². The van der Waals surface area contributed by atoms with Crippen molar-refractivity contribution < 1.29 is 12.9 Å². The Balaban J connectivity index is 2.29. The highest BCUT2D eigenvalue weighted by Gasteiger charge is 2.20. The third kappa shape index (κ3) is 3.20. The van der Waals surface area contributed by atoms with E-state index in [9.17, 15) is 8.42 Å². The van der Waals surface area contributed by atoms with Gasteiger partial charge in [0.15, 0.2) is 0 Å². The average molecular weight is 330 g/mol. The number of halogens is 1. The number of nitrogens with zero attached hydrogens (tertiary/aromatic N) is 1. The number of aromatic nitrogens is 1. The van der Waals surface area contributed by atoms with Crippen molar-refractivity contribution in [2.75, 3.05) is 5.73 Å². The smallest absolute Gasteiger partial charge is 0.241 e. The van der Waals surface area contributed by atoms with Gasteiger partial charge in [-0.05, 0) is 38.5 Å². The van der Waals surface area contributed by atoms with Gasteiger partial charge in [0.2, 0.25) is 10.0 Å². The molecule has 1 aromatic heterocycles. The SMILES string of the molecule is Cc1cc(Cl)c(N)cc1S(=O)(=O)NCc1c(C)noc1C. The molecule has 6 nitrogen and oxygen atoms in total. The molecular weight excluding hydrogens is 314 g/mol. The third-order valence-electron chi connectivity index (χ3n) is 3.20. The molecule has 2 rings (SSSR count). The minimum absolute atomic E-state index is 0.103. The van der Waals surface area contributed by atoms with Crippen molar-refractivity contribution in [1.82, 2.24) is 9.88 Å². The first-order chi connectivity index (χ1) is 9.72. The standard InChI is InChI=1S/C13H16ClN3O3S/c1-7-4-11(14)12(15)5-13(7)21(18,19)16-6-10-8(2)17-20-9(10)3/h4-5,16H,6,15H2,1-3H3. The van der Waals surface area contributed by atoms with Crippen LogP contribution >= 0.6 is 11.6 Å². The first kappa shape index (κ1) is 15.8. The monoisotopic (exact) mass is 329 g/mol. The van der Waals surface area contributed by atoms with Crippen LogP contribution in [0.3, 0.4) is 0 Å². The van der Waals surface area contributed by atoms with Gasteiger partial charge < -0.3 is 10.3 Å². The van der Waals surface area contributed by atoms with Gasteiger partial charge in [0.05, 0.1) is 21.3 Å². The van der Waals surface area contributed by atoms with Crippen LogP contribution in [0.15, 0.2) is 21.6 Å². The molecule has 21 heavy (non-hydrogen) atoms. The Morgan fingerprint density at radius 3 is 2.57 bits per heavy atom. The van der Waals surface area contributed by atoms with Crippen LogP contribution in [0.5, 0.6) is 0 Å². The van der Waals surface area contributed by atoms with Crippen LogP contribution < -0.4 is 10.5 Å². The molecule has 2 aromatic rings. The molecule has 0 fully saturated rings. The molecule has 0 radical (unpaired) electrons. The van der Waals surface area contributed by atoms with Crippen LogP contribution in [-0.2, 0) is 16.6 Å². The van der Waals surface area contributed by atoms with Crippen LogP contribution in [0.4, 0.5) is 5.69 Å². The van der Waals surface area contributed by atoms with Gasteiger partial charge in [-0.3, -0.25) is 0 Å². The van der Waals surface area contributed by atoms with Gasteiger partial charge in [0, 0.05) is 12.1 Å². The number of nitrogen functional groups attached to an aromatic ring is 1. The highest BCUT2D eigenvalue weighted by molar-refractivity contribution is 7.89. The van der Waals surface area contributed by atoms with Crippen LogP contribution in [0.25, 0.3) is 0 Å². The predicted octanol–water partition coefficient (Wildman–Crippen LogP) is 2.31. The van der Waals surface area contributed by atoms with Gasteiger partial charge in [-0.15, -0.1) is 0 Å². The Kier molecular flexibility index (Phi) is 4.27. The molecule has 0 aliphatic rings. The summed E-state index contributed by atoms with van der Waals surface area (Å²) in [6.45, 7) is 5.25. The molecule has 0 aliphatic heterocycles. The van der Waals surface area contributed by atoms with Crippen molar-refractivity contribution in [2.45, 2.75) is 32.2 Å². The maximum atomic E-state index is 12.4. The first-order valence-corrected chi connectivity index (χ1v) is 8.05. The maximum Gasteiger partial charge on any atom is 0.241 e. The fraction of sp³-hybridized carbons (Fsp3) is 0.308. The van der Waals surface area contributed by atoms with E-state index in [4.69, 9.17) is 21.9 Å². The topological polar surface area (TPSA) is 98.2 Å². The van der Waals surface area contributed by atoms with E-state index in [1.807, 2.05) is 0 Å². The molecular formula is C13H16ClN3O3S. The molecule has 1 aromatic carbocycles. The number of hydrogen-bond acceptors (Lipinski definition) is 5. The lowest BCUT2D eigenvalue weighted by Crippen LogP contribution is -2.24. The molecule has 0 spiro atoms. The van der Waals surface area contributed by atoms with Crippen molar-refractivity contribution in [3.05, 3.63) is 39.7 Å². The summed E-state index contributed by atoms with van der Waals surface area (Å²) in [7, 11) is -3.70.